The van der Waals surface area contributed by atoms with Crippen molar-refractivity contribution >= 4 is 25.4 Å². The average molecular weight is 289 g/mol. The molecule has 0 fully saturated rings. The molecule has 1 aromatic carbocycles. The molecule has 0 radical (unpaired) electrons. The molecule has 0 unspecified atom stereocenters. The van der Waals surface area contributed by atoms with Crippen molar-refractivity contribution in [2.45, 2.75) is 13.0 Å². The first kappa shape index (κ1) is 15.5. The Bertz CT molecular complexity index is 718. The summed E-state index contributed by atoms with van der Waals surface area (Å²) in [5.41, 5.74) is 2.67. The van der Waals surface area contributed by atoms with Crippen molar-refractivity contribution in [3.8, 4) is 6.07 Å². The van der Waals surface area contributed by atoms with Crippen LogP contribution in [0.5, 0.6) is 0 Å². The predicted molar refractivity (Wildman–Crippen MR) is 89.0 cm³/mol. The van der Waals surface area contributed by atoms with Crippen molar-refractivity contribution in [3.05, 3.63) is 65.4 Å². The number of benzene rings is 1. The molecule has 0 aliphatic carbocycles. The highest BCUT2D eigenvalue weighted by molar-refractivity contribution is 6.30. The first-order chi connectivity index (χ1) is 10.6. The molecule has 4 nitrogen and oxygen atoms in total. The van der Waals surface area contributed by atoms with E-state index in [1.807, 2.05) is 63.3 Å². The van der Waals surface area contributed by atoms with Gasteiger partial charge in [0.2, 0.25) is 0 Å². The fourth-order valence-corrected chi connectivity index (χ4v) is 1.98. The van der Waals surface area contributed by atoms with E-state index in [1.54, 1.807) is 12.3 Å². The first-order valence-corrected chi connectivity index (χ1v) is 7.00. The second-order valence-electron chi connectivity index (χ2n) is 5.01. The molecule has 1 amide bonds. The maximum Gasteiger partial charge on any atom is 0.262 e. The summed E-state index contributed by atoms with van der Waals surface area (Å²) in [6, 6.07) is 15.1. The van der Waals surface area contributed by atoms with E-state index in [1.165, 1.54) is 0 Å². The van der Waals surface area contributed by atoms with E-state index < -0.39 is 0 Å². The third-order valence-corrected chi connectivity index (χ3v) is 3.26. The lowest BCUT2D eigenvalue weighted by atomic mass is 10.0. The Morgan fingerprint density at radius 3 is 2.64 bits per heavy atom. The van der Waals surface area contributed by atoms with Gasteiger partial charge < -0.3 is 5.32 Å². The summed E-state index contributed by atoms with van der Waals surface area (Å²) in [5, 5.41) is 12.0. The minimum Gasteiger partial charge on any atom is -0.345 e. The number of amides is 1. The summed E-state index contributed by atoms with van der Waals surface area (Å²) in [4.78, 5) is 16.4. The van der Waals surface area contributed by atoms with Crippen LogP contribution in [0.2, 0.25) is 0 Å². The molecule has 1 N–H and O–H groups in total. The van der Waals surface area contributed by atoms with Crippen LogP contribution in [0.15, 0.2) is 54.2 Å². The summed E-state index contributed by atoms with van der Waals surface area (Å²) in [6.07, 6.45) is 3.18. The van der Waals surface area contributed by atoms with Gasteiger partial charge in [0.1, 0.15) is 11.6 Å². The molecule has 0 bridgehead atoms. The molecule has 2 rings (SSSR count). The maximum absolute atomic E-state index is 12.2. The number of pyridine rings is 1. The van der Waals surface area contributed by atoms with E-state index in [-0.39, 0.29) is 17.5 Å². The Morgan fingerprint density at radius 2 is 2.05 bits per heavy atom. The quantitative estimate of drug-likeness (QED) is 0.521. The zero-order chi connectivity index (χ0) is 15.9. The normalized spacial score (nSPS) is 12.3. The molecule has 22 heavy (non-hydrogen) atoms. The molecule has 0 saturated heterocycles. The van der Waals surface area contributed by atoms with Crippen LogP contribution >= 0.6 is 0 Å². The van der Waals surface area contributed by atoms with Crippen molar-refractivity contribution in [1.29, 1.82) is 5.26 Å². The SMILES string of the molecule is Bc1ccc(/C=C(\C#N)C(=O)N[C@@H](C)c2ccccc2)cn1. The monoisotopic (exact) mass is 289 g/mol. The van der Waals surface area contributed by atoms with Gasteiger partial charge in [0.05, 0.1) is 6.04 Å². The Labute approximate surface area is 130 Å². The van der Waals surface area contributed by atoms with E-state index in [2.05, 4.69) is 10.3 Å². The Hall–Kier alpha value is -2.87. The van der Waals surface area contributed by atoms with Gasteiger partial charge in [0.15, 0.2) is 7.85 Å². The molecule has 1 aromatic heterocycles. The molecule has 0 aliphatic heterocycles. The zero-order valence-electron chi connectivity index (χ0n) is 12.6. The lowest BCUT2D eigenvalue weighted by molar-refractivity contribution is -0.117. The number of rotatable bonds is 4. The van der Waals surface area contributed by atoms with E-state index in [4.69, 9.17) is 0 Å². The minimum absolute atomic E-state index is 0.0634. The number of nitrogens with one attached hydrogen (secondary N) is 1. The van der Waals surface area contributed by atoms with Crippen LogP contribution in [0.1, 0.15) is 24.1 Å². The molecule has 1 atom stereocenters. The van der Waals surface area contributed by atoms with E-state index in [0.29, 0.717) is 0 Å². The summed E-state index contributed by atoms with van der Waals surface area (Å²) >= 11 is 0. The standard InChI is InChI=1S/C17H16BN3O/c1-12(14-5-3-2-4-6-14)21-17(22)15(10-19)9-13-7-8-16(18)20-11-13/h2-9,11-12H,18H2,1H3,(H,21,22)/b15-9+/t12-/m0/s1. The van der Waals surface area contributed by atoms with Gasteiger partial charge in [-0.2, -0.15) is 5.26 Å². The Balaban J connectivity index is 2.12. The fourth-order valence-electron chi connectivity index (χ4n) is 1.98. The highest BCUT2D eigenvalue weighted by atomic mass is 16.1. The molecule has 2 aromatic rings. The molecule has 108 valence electrons. The molecule has 0 saturated carbocycles. The Morgan fingerprint density at radius 1 is 1.32 bits per heavy atom. The Kier molecular flexibility index (Phi) is 5.10. The van der Waals surface area contributed by atoms with Gasteiger partial charge in [0.25, 0.3) is 5.91 Å². The van der Waals surface area contributed by atoms with Gasteiger partial charge in [-0.25, -0.2) is 0 Å². The van der Waals surface area contributed by atoms with Crippen molar-refractivity contribution in [2.24, 2.45) is 0 Å². The van der Waals surface area contributed by atoms with Gasteiger partial charge in [-0.3, -0.25) is 9.78 Å². The number of nitrogens with zero attached hydrogens (tertiary/aromatic N) is 2. The largest absolute Gasteiger partial charge is 0.345 e. The van der Waals surface area contributed by atoms with Gasteiger partial charge >= 0.3 is 0 Å². The third kappa shape index (κ3) is 4.06. The highest BCUT2D eigenvalue weighted by Gasteiger charge is 2.13. The second-order valence-corrected chi connectivity index (χ2v) is 5.01. The minimum atomic E-state index is -0.389. The summed E-state index contributed by atoms with van der Waals surface area (Å²) in [5.74, 6) is -0.389. The summed E-state index contributed by atoms with van der Waals surface area (Å²) < 4.78 is 0. The number of carbonyl (C=O) groups is 1. The smallest absolute Gasteiger partial charge is 0.262 e. The van der Waals surface area contributed by atoms with Crippen LogP contribution in [-0.4, -0.2) is 18.7 Å². The van der Waals surface area contributed by atoms with Crippen LogP contribution in [0.3, 0.4) is 0 Å². The van der Waals surface area contributed by atoms with Gasteiger partial charge in [-0.15, -0.1) is 0 Å². The van der Waals surface area contributed by atoms with Crippen LogP contribution < -0.4 is 10.9 Å². The molecular weight excluding hydrogens is 273 g/mol. The third-order valence-electron chi connectivity index (χ3n) is 3.26. The first-order valence-electron chi connectivity index (χ1n) is 7.00. The molecule has 1 heterocycles. The number of aromatic nitrogens is 1. The van der Waals surface area contributed by atoms with E-state index in [0.717, 1.165) is 16.7 Å². The average Bonchev–Trinajstić information content (AvgIpc) is 2.55. The van der Waals surface area contributed by atoms with Gasteiger partial charge in [0, 0.05) is 6.20 Å². The second kappa shape index (κ2) is 7.23. The molecule has 5 heteroatoms. The van der Waals surface area contributed by atoms with Gasteiger partial charge in [-0.1, -0.05) is 42.5 Å². The zero-order valence-corrected chi connectivity index (χ0v) is 12.6. The molecule has 0 spiro atoms. The highest BCUT2D eigenvalue weighted by Crippen LogP contribution is 2.12. The van der Waals surface area contributed by atoms with Crippen molar-refractivity contribution in [3.63, 3.8) is 0 Å². The fraction of sp³-hybridized carbons (Fsp3) is 0.118. The van der Waals surface area contributed by atoms with Crippen molar-refractivity contribution in [1.82, 2.24) is 10.3 Å². The number of nitriles is 1. The van der Waals surface area contributed by atoms with E-state index >= 15 is 0 Å². The lowest BCUT2D eigenvalue weighted by Gasteiger charge is -2.13. The van der Waals surface area contributed by atoms with Crippen LogP contribution in [0, 0.1) is 11.3 Å². The lowest BCUT2D eigenvalue weighted by Crippen LogP contribution is -2.27. The van der Waals surface area contributed by atoms with Crippen LogP contribution in [0.4, 0.5) is 0 Å². The molecular formula is C17H16BN3O. The van der Waals surface area contributed by atoms with Crippen LogP contribution in [-0.2, 0) is 4.79 Å². The summed E-state index contributed by atoms with van der Waals surface area (Å²) in [6.45, 7) is 1.88. The van der Waals surface area contributed by atoms with Crippen LogP contribution in [0.25, 0.3) is 6.08 Å². The van der Waals surface area contributed by atoms with E-state index in [9.17, 15) is 10.1 Å². The maximum atomic E-state index is 12.2. The number of hydrogen-bond acceptors (Lipinski definition) is 3. The van der Waals surface area contributed by atoms with Gasteiger partial charge in [-0.05, 0) is 29.7 Å². The summed E-state index contributed by atoms with van der Waals surface area (Å²) in [7, 11) is 1.88. The number of carbonyl (C=O) groups excluding carboxylic acids is 1. The molecule has 0 aliphatic rings. The van der Waals surface area contributed by atoms with Crippen molar-refractivity contribution in [2.75, 3.05) is 0 Å². The topological polar surface area (TPSA) is 65.8 Å². The predicted octanol–water partition coefficient (Wildman–Crippen LogP) is 1.12. The number of hydrogen-bond donors (Lipinski definition) is 1. The van der Waals surface area contributed by atoms with Crippen molar-refractivity contribution < 1.29 is 4.79 Å².